The molecule has 1 aliphatic rings. The topological polar surface area (TPSA) is 82.6 Å². The maximum atomic E-state index is 13.2. The molecule has 0 spiro atoms. The van der Waals surface area contributed by atoms with E-state index in [0.717, 1.165) is 38.5 Å². The molecule has 0 radical (unpaired) electrons. The lowest BCUT2D eigenvalue weighted by molar-refractivity contribution is 0.0388. The molecular weight excluding hydrogens is 407 g/mol. The van der Waals surface area contributed by atoms with Crippen LogP contribution in [0.25, 0.3) is 10.3 Å². The smallest absolute Gasteiger partial charge is 0.321 e. The van der Waals surface area contributed by atoms with E-state index in [9.17, 15) is 9.18 Å². The third-order valence-electron chi connectivity index (χ3n) is 4.84. The van der Waals surface area contributed by atoms with Crippen molar-refractivity contribution < 1.29 is 13.9 Å². The van der Waals surface area contributed by atoms with Crippen molar-refractivity contribution in [2.75, 3.05) is 56.7 Å². The lowest BCUT2D eigenvalue weighted by Crippen LogP contribution is -2.42. The van der Waals surface area contributed by atoms with Crippen LogP contribution in [-0.2, 0) is 4.74 Å². The number of urea groups is 1. The molecule has 2 aromatic heterocycles. The van der Waals surface area contributed by atoms with E-state index in [1.807, 2.05) is 24.1 Å². The molecule has 8 nitrogen and oxygen atoms in total. The Balaban J connectivity index is 1.36. The first-order chi connectivity index (χ1) is 14.6. The van der Waals surface area contributed by atoms with Gasteiger partial charge in [-0.3, -0.25) is 10.2 Å². The predicted molar refractivity (Wildman–Crippen MR) is 116 cm³/mol. The normalized spacial score (nSPS) is 14.6. The molecule has 0 aliphatic carbocycles. The quantitative estimate of drug-likeness (QED) is 0.626. The zero-order valence-corrected chi connectivity index (χ0v) is 17.4. The van der Waals surface area contributed by atoms with Gasteiger partial charge in [0.25, 0.3) is 0 Å². The lowest BCUT2D eigenvalue weighted by Gasteiger charge is -2.26. The van der Waals surface area contributed by atoms with E-state index in [4.69, 9.17) is 4.74 Å². The Hall–Kier alpha value is -2.82. The van der Waals surface area contributed by atoms with Gasteiger partial charge in [0.2, 0.25) is 0 Å². The van der Waals surface area contributed by atoms with Gasteiger partial charge in [0.05, 0.1) is 13.2 Å². The maximum Gasteiger partial charge on any atom is 0.321 e. The average Bonchev–Trinajstić information content (AvgIpc) is 3.16. The summed E-state index contributed by atoms with van der Waals surface area (Å²) in [6.07, 6.45) is 0. The van der Waals surface area contributed by atoms with Gasteiger partial charge in [0, 0.05) is 38.9 Å². The van der Waals surface area contributed by atoms with Crippen molar-refractivity contribution in [1.29, 1.82) is 0 Å². The Morgan fingerprint density at radius 3 is 2.73 bits per heavy atom. The third-order valence-corrected chi connectivity index (χ3v) is 5.72. The molecular formula is C20H23FN6O2S. The van der Waals surface area contributed by atoms with Crippen molar-refractivity contribution in [2.45, 2.75) is 0 Å². The monoisotopic (exact) mass is 430 g/mol. The zero-order chi connectivity index (χ0) is 20.9. The van der Waals surface area contributed by atoms with Gasteiger partial charge in [0.15, 0.2) is 5.13 Å². The Morgan fingerprint density at radius 2 is 1.97 bits per heavy atom. The molecule has 1 saturated heterocycles. The fourth-order valence-electron chi connectivity index (χ4n) is 3.14. The number of nitrogens with zero attached hydrogens (tertiary/aromatic N) is 4. The third kappa shape index (κ3) is 5.02. The number of ether oxygens (including phenoxy) is 1. The van der Waals surface area contributed by atoms with Crippen molar-refractivity contribution in [3.05, 3.63) is 42.2 Å². The summed E-state index contributed by atoms with van der Waals surface area (Å²) in [6.45, 7) is 4.61. The number of morpholine rings is 1. The summed E-state index contributed by atoms with van der Waals surface area (Å²) in [5.41, 5.74) is 1.53. The first-order valence-electron chi connectivity index (χ1n) is 9.70. The number of fused-ring (bicyclic) bond motifs is 1. The van der Waals surface area contributed by atoms with Crippen LogP contribution in [0.3, 0.4) is 0 Å². The van der Waals surface area contributed by atoms with Gasteiger partial charge >= 0.3 is 6.03 Å². The van der Waals surface area contributed by atoms with Crippen LogP contribution in [0.1, 0.15) is 0 Å². The molecule has 30 heavy (non-hydrogen) atoms. The number of nitrogens with one attached hydrogen (secondary N) is 2. The van der Waals surface area contributed by atoms with Crippen molar-refractivity contribution in [1.82, 2.24) is 20.2 Å². The second kappa shape index (κ2) is 9.33. The largest absolute Gasteiger partial charge is 0.379 e. The Kier molecular flexibility index (Phi) is 6.36. The molecule has 2 N–H and O–H groups in total. The molecule has 3 aromatic rings. The summed E-state index contributed by atoms with van der Waals surface area (Å²) in [5.74, 6) is 0.427. The van der Waals surface area contributed by atoms with Crippen LogP contribution in [-0.4, -0.2) is 67.3 Å². The number of benzene rings is 1. The maximum absolute atomic E-state index is 13.2. The number of thiazole rings is 1. The van der Waals surface area contributed by atoms with Crippen LogP contribution in [0.5, 0.6) is 0 Å². The van der Waals surface area contributed by atoms with Crippen LogP contribution < -0.4 is 15.5 Å². The zero-order valence-electron chi connectivity index (χ0n) is 16.6. The van der Waals surface area contributed by atoms with Gasteiger partial charge in [0.1, 0.15) is 22.0 Å². The Labute approximate surface area is 177 Å². The van der Waals surface area contributed by atoms with Crippen molar-refractivity contribution >= 4 is 44.4 Å². The fraction of sp³-hybridized carbons (Fsp3) is 0.350. The second-order valence-corrected chi connectivity index (χ2v) is 7.86. The van der Waals surface area contributed by atoms with Gasteiger partial charge in [-0.1, -0.05) is 11.3 Å². The molecule has 2 amide bonds. The highest BCUT2D eigenvalue weighted by molar-refractivity contribution is 7.22. The Morgan fingerprint density at radius 1 is 1.20 bits per heavy atom. The van der Waals surface area contributed by atoms with Crippen LogP contribution in [0, 0.1) is 5.82 Å². The van der Waals surface area contributed by atoms with E-state index in [-0.39, 0.29) is 11.8 Å². The molecule has 0 unspecified atom stereocenters. The van der Waals surface area contributed by atoms with E-state index in [0.29, 0.717) is 27.8 Å². The number of pyridine rings is 1. The van der Waals surface area contributed by atoms with Gasteiger partial charge in [-0.05, 0) is 36.4 Å². The highest BCUT2D eigenvalue weighted by Gasteiger charge is 2.13. The van der Waals surface area contributed by atoms with E-state index < -0.39 is 0 Å². The summed E-state index contributed by atoms with van der Waals surface area (Å²) in [6, 6.07) is 9.64. The summed E-state index contributed by atoms with van der Waals surface area (Å²) in [4.78, 5) is 26.0. The second-order valence-electron chi connectivity index (χ2n) is 6.88. The molecule has 10 heteroatoms. The first-order valence-corrected chi connectivity index (χ1v) is 10.5. The van der Waals surface area contributed by atoms with Gasteiger partial charge in [-0.15, -0.1) is 0 Å². The highest BCUT2D eigenvalue weighted by Crippen LogP contribution is 2.29. The number of anilines is 3. The minimum atomic E-state index is -0.286. The van der Waals surface area contributed by atoms with Crippen LogP contribution in [0.15, 0.2) is 36.4 Å². The minimum absolute atomic E-state index is 0.281. The summed E-state index contributed by atoms with van der Waals surface area (Å²) in [7, 11) is 1.86. The van der Waals surface area contributed by atoms with E-state index in [1.54, 1.807) is 12.1 Å². The fourth-order valence-corrected chi connectivity index (χ4v) is 3.97. The number of rotatable bonds is 6. The number of halogens is 1. The van der Waals surface area contributed by atoms with Gasteiger partial charge in [-0.25, -0.2) is 19.2 Å². The average molecular weight is 431 g/mol. The summed E-state index contributed by atoms with van der Waals surface area (Å²) < 4.78 is 18.5. The number of carbonyl (C=O) groups excluding carboxylic acids is 1. The van der Waals surface area contributed by atoms with Crippen molar-refractivity contribution in [3.8, 4) is 0 Å². The molecule has 158 valence electrons. The Bertz CT molecular complexity index is 1010. The van der Waals surface area contributed by atoms with Crippen molar-refractivity contribution in [3.63, 3.8) is 0 Å². The SMILES string of the molecule is CN(c1ccc(F)cc1)c1ccc2nc(NC(=O)NCCN3CCOCC3)sc2n1. The first kappa shape index (κ1) is 20.5. The van der Waals surface area contributed by atoms with E-state index in [1.165, 1.54) is 23.5 Å². The van der Waals surface area contributed by atoms with Crippen LogP contribution >= 0.6 is 11.3 Å². The van der Waals surface area contributed by atoms with Crippen LogP contribution in [0.4, 0.5) is 25.8 Å². The molecule has 0 bridgehead atoms. The number of aromatic nitrogens is 2. The molecule has 1 aromatic carbocycles. The predicted octanol–water partition coefficient (Wildman–Crippen LogP) is 3.05. The van der Waals surface area contributed by atoms with Gasteiger partial charge < -0.3 is 15.0 Å². The molecule has 3 heterocycles. The van der Waals surface area contributed by atoms with Gasteiger partial charge in [-0.2, -0.15) is 0 Å². The highest BCUT2D eigenvalue weighted by atomic mass is 32.1. The molecule has 4 rings (SSSR count). The number of hydrogen-bond donors (Lipinski definition) is 2. The lowest BCUT2D eigenvalue weighted by atomic mass is 10.3. The van der Waals surface area contributed by atoms with Crippen molar-refractivity contribution in [2.24, 2.45) is 0 Å². The van der Waals surface area contributed by atoms with E-state index in [2.05, 4.69) is 25.5 Å². The molecule has 1 fully saturated rings. The van der Waals surface area contributed by atoms with Crippen LogP contribution in [0.2, 0.25) is 0 Å². The minimum Gasteiger partial charge on any atom is -0.379 e. The number of amides is 2. The number of carbonyl (C=O) groups is 1. The number of hydrogen-bond acceptors (Lipinski definition) is 7. The molecule has 0 atom stereocenters. The molecule has 1 aliphatic heterocycles. The standard InChI is InChI=1S/C20H23FN6O2S/c1-26(15-4-2-14(21)3-5-15)17-7-6-16-18(24-17)30-20(23-16)25-19(28)22-8-9-27-10-12-29-13-11-27/h2-7H,8-13H2,1H3,(H2,22,23,25,28). The summed E-state index contributed by atoms with van der Waals surface area (Å²) >= 11 is 1.31. The summed E-state index contributed by atoms with van der Waals surface area (Å²) in [5, 5.41) is 6.12. The van der Waals surface area contributed by atoms with E-state index >= 15 is 0 Å². The molecule has 0 saturated carbocycles.